The SMILES string of the molecule is BrCc1cccnc1N(Cc1ccsc1)C1CC1. The van der Waals surface area contributed by atoms with E-state index < -0.39 is 0 Å². The molecule has 0 aliphatic heterocycles. The number of anilines is 1. The number of nitrogens with zero attached hydrogens (tertiary/aromatic N) is 2. The van der Waals surface area contributed by atoms with Crippen molar-refractivity contribution in [3.63, 3.8) is 0 Å². The standard InChI is InChI=1S/C14H15BrN2S/c15-8-12-2-1-6-16-14(12)17(13-3-4-13)9-11-5-7-18-10-11/h1-2,5-7,10,13H,3-4,8-9H2. The highest BCUT2D eigenvalue weighted by atomic mass is 79.9. The van der Waals surface area contributed by atoms with Crippen LogP contribution in [0.5, 0.6) is 0 Å². The van der Waals surface area contributed by atoms with Gasteiger partial charge in [-0.05, 0) is 41.3 Å². The molecule has 2 nitrogen and oxygen atoms in total. The quantitative estimate of drug-likeness (QED) is 0.767. The van der Waals surface area contributed by atoms with E-state index in [1.165, 1.54) is 24.0 Å². The summed E-state index contributed by atoms with van der Waals surface area (Å²) in [6, 6.07) is 7.05. The fourth-order valence-corrected chi connectivity index (χ4v) is 3.23. The number of hydrogen-bond donors (Lipinski definition) is 0. The second-order valence-electron chi connectivity index (χ2n) is 4.61. The van der Waals surface area contributed by atoms with Gasteiger partial charge in [-0.3, -0.25) is 0 Å². The molecule has 2 aromatic heterocycles. The van der Waals surface area contributed by atoms with Crippen molar-refractivity contribution in [2.75, 3.05) is 4.90 Å². The maximum absolute atomic E-state index is 4.59. The first kappa shape index (κ1) is 12.2. The maximum atomic E-state index is 4.59. The van der Waals surface area contributed by atoms with Crippen LogP contribution in [0.1, 0.15) is 24.0 Å². The van der Waals surface area contributed by atoms with Crippen LogP contribution in [-0.4, -0.2) is 11.0 Å². The molecule has 0 amide bonds. The molecule has 0 aromatic carbocycles. The summed E-state index contributed by atoms with van der Waals surface area (Å²) in [5.41, 5.74) is 2.66. The zero-order valence-corrected chi connectivity index (χ0v) is 12.5. The Bertz CT molecular complexity index is 508. The van der Waals surface area contributed by atoms with Gasteiger partial charge in [0.05, 0.1) is 0 Å². The van der Waals surface area contributed by atoms with Crippen molar-refractivity contribution in [2.45, 2.75) is 30.8 Å². The predicted octanol–water partition coefficient (Wildman–Crippen LogP) is 4.21. The molecule has 3 rings (SSSR count). The van der Waals surface area contributed by atoms with Gasteiger partial charge < -0.3 is 4.90 Å². The highest BCUT2D eigenvalue weighted by molar-refractivity contribution is 9.08. The summed E-state index contributed by atoms with van der Waals surface area (Å²) in [5.74, 6) is 1.14. The number of rotatable bonds is 5. The molecule has 94 valence electrons. The third-order valence-electron chi connectivity index (χ3n) is 3.20. The van der Waals surface area contributed by atoms with Crippen molar-refractivity contribution in [1.29, 1.82) is 0 Å². The lowest BCUT2D eigenvalue weighted by atomic mass is 10.2. The first-order chi connectivity index (χ1) is 8.88. The molecule has 2 heterocycles. The average molecular weight is 323 g/mol. The molecule has 0 N–H and O–H groups in total. The van der Waals surface area contributed by atoms with Crippen LogP contribution in [0.15, 0.2) is 35.2 Å². The molecule has 0 unspecified atom stereocenters. The fourth-order valence-electron chi connectivity index (χ4n) is 2.14. The van der Waals surface area contributed by atoms with Crippen LogP contribution in [0.4, 0.5) is 5.82 Å². The second-order valence-corrected chi connectivity index (χ2v) is 5.95. The molecular weight excluding hydrogens is 308 g/mol. The number of pyridine rings is 1. The van der Waals surface area contributed by atoms with Crippen LogP contribution in [0.3, 0.4) is 0 Å². The molecule has 0 atom stereocenters. The third-order valence-corrected chi connectivity index (χ3v) is 4.54. The molecule has 2 aromatic rings. The number of hydrogen-bond acceptors (Lipinski definition) is 3. The lowest BCUT2D eigenvalue weighted by Gasteiger charge is -2.25. The third kappa shape index (κ3) is 2.59. The Hall–Kier alpha value is -0.870. The summed E-state index contributed by atoms with van der Waals surface area (Å²) in [7, 11) is 0. The smallest absolute Gasteiger partial charge is 0.133 e. The van der Waals surface area contributed by atoms with Crippen LogP contribution < -0.4 is 4.90 Å². The summed E-state index contributed by atoms with van der Waals surface area (Å²) >= 11 is 5.32. The molecule has 0 bridgehead atoms. The summed E-state index contributed by atoms with van der Waals surface area (Å²) in [6.45, 7) is 0.977. The predicted molar refractivity (Wildman–Crippen MR) is 80.4 cm³/mol. The van der Waals surface area contributed by atoms with Gasteiger partial charge in [0, 0.05) is 29.7 Å². The Kier molecular flexibility index (Phi) is 3.66. The van der Waals surface area contributed by atoms with Gasteiger partial charge in [-0.15, -0.1) is 0 Å². The number of thiophene rings is 1. The van der Waals surface area contributed by atoms with Gasteiger partial charge >= 0.3 is 0 Å². The van der Waals surface area contributed by atoms with Crippen LogP contribution in [0.25, 0.3) is 0 Å². The van der Waals surface area contributed by atoms with E-state index in [9.17, 15) is 0 Å². The van der Waals surface area contributed by atoms with Crippen molar-refractivity contribution >= 4 is 33.1 Å². The molecule has 18 heavy (non-hydrogen) atoms. The topological polar surface area (TPSA) is 16.1 Å². The van der Waals surface area contributed by atoms with E-state index in [0.717, 1.165) is 17.7 Å². The van der Waals surface area contributed by atoms with E-state index in [2.05, 4.69) is 48.7 Å². The van der Waals surface area contributed by atoms with Crippen molar-refractivity contribution in [2.24, 2.45) is 0 Å². The average Bonchev–Trinajstić information content (AvgIpc) is 3.13. The number of alkyl halides is 1. The molecule has 0 saturated heterocycles. The monoisotopic (exact) mass is 322 g/mol. The lowest BCUT2D eigenvalue weighted by molar-refractivity contribution is 0.775. The Balaban J connectivity index is 1.89. The van der Waals surface area contributed by atoms with Crippen molar-refractivity contribution in [1.82, 2.24) is 4.98 Å². The van der Waals surface area contributed by atoms with Gasteiger partial charge in [0.2, 0.25) is 0 Å². The van der Waals surface area contributed by atoms with Crippen molar-refractivity contribution in [3.8, 4) is 0 Å². The van der Waals surface area contributed by atoms with Gasteiger partial charge in [-0.1, -0.05) is 22.0 Å². The first-order valence-electron chi connectivity index (χ1n) is 6.16. The van der Waals surface area contributed by atoms with Crippen molar-refractivity contribution < 1.29 is 0 Å². The van der Waals surface area contributed by atoms with Gasteiger partial charge in [0.15, 0.2) is 0 Å². The van der Waals surface area contributed by atoms with Gasteiger partial charge in [0.1, 0.15) is 5.82 Å². The maximum Gasteiger partial charge on any atom is 0.133 e. The van der Waals surface area contributed by atoms with E-state index in [4.69, 9.17) is 0 Å². The summed E-state index contributed by atoms with van der Waals surface area (Å²) in [5, 5.41) is 5.24. The zero-order chi connectivity index (χ0) is 12.4. The molecule has 0 radical (unpaired) electrons. The van der Waals surface area contributed by atoms with Crippen LogP contribution in [0.2, 0.25) is 0 Å². The summed E-state index contributed by atoms with van der Waals surface area (Å²) < 4.78 is 0. The van der Waals surface area contributed by atoms with E-state index >= 15 is 0 Å². The van der Waals surface area contributed by atoms with Crippen LogP contribution >= 0.6 is 27.3 Å². The van der Waals surface area contributed by atoms with Crippen molar-refractivity contribution in [3.05, 3.63) is 46.3 Å². The van der Waals surface area contributed by atoms with Gasteiger partial charge in [-0.2, -0.15) is 11.3 Å². The lowest BCUT2D eigenvalue weighted by Crippen LogP contribution is -2.26. The second kappa shape index (κ2) is 5.41. The Morgan fingerprint density at radius 1 is 1.39 bits per heavy atom. The van der Waals surface area contributed by atoms with Gasteiger partial charge in [0.25, 0.3) is 0 Å². The van der Waals surface area contributed by atoms with Crippen LogP contribution in [0, 0.1) is 0 Å². The minimum Gasteiger partial charge on any atom is -0.349 e. The minimum atomic E-state index is 0.678. The molecule has 1 saturated carbocycles. The Labute approximate surface area is 120 Å². The van der Waals surface area contributed by atoms with E-state index in [0.29, 0.717) is 6.04 Å². The largest absolute Gasteiger partial charge is 0.349 e. The Morgan fingerprint density at radius 2 is 2.28 bits per heavy atom. The normalized spacial score (nSPS) is 14.7. The fraction of sp³-hybridized carbons (Fsp3) is 0.357. The minimum absolute atomic E-state index is 0.678. The molecule has 1 aliphatic carbocycles. The Morgan fingerprint density at radius 3 is 2.94 bits per heavy atom. The molecule has 4 heteroatoms. The van der Waals surface area contributed by atoms with Gasteiger partial charge in [-0.25, -0.2) is 4.98 Å². The number of halogens is 1. The van der Waals surface area contributed by atoms with E-state index in [1.54, 1.807) is 11.3 Å². The molecular formula is C14H15BrN2S. The highest BCUT2D eigenvalue weighted by Crippen LogP contribution is 2.34. The summed E-state index contributed by atoms with van der Waals surface area (Å²) in [4.78, 5) is 7.05. The summed E-state index contributed by atoms with van der Waals surface area (Å²) in [6.07, 6.45) is 4.48. The van der Waals surface area contributed by atoms with Crippen LogP contribution in [-0.2, 0) is 11.9 Å². The molecule has 0 spiro atoms. The van der Waals surface area contributed by atoms with E-state index in [1.807, 2.05) is 12.3 Å². The van der Waals surface area contributed by atoms with E-state index in [-0.39, 0.29) is 0 Å². The number of aromatic nitrogens is 1. The molecule has 1 fully saturated rings. The highest BCUT2D eigenvalue weighted by Gasteiger charge is 2.31. The molecule has 1 aliphatic rings. The zero-order valence-electron chi connectivity index (χ0n) is 10.1. The first-order valence-corrected chi connectivity index (χ1v) is 8.22.